The number of nitro groups is 3. The molecule has 0 saturated carbocycles. The number of amides is 4. The smallest absolute Gasteiger partial charge is 0.310 e. The van der Waals surface area contributed by atoms with E-state index >= 15 is 0 Å². The van der Waals surface area contributed by atoms with Gasteiger partial charge in [-0.05, 0) is 61.0 Å². The average molecular weight is 1170 g/mol. The van der Waals surface area contributed by atoms with E-state index in [1.807, 2.05) is 24.5 Å². The lowest BCUT2D eigenvalue weighted by molar-refractivity contribution is -0.387. The lowest BCUT2D eigenvalue weighted by Crippen LogP contribution is -2.28. The maximum Gasteiger partial charge on any atom is 0.310 e. The zero-order valence-corrected chi connectivity index (χ0v) is 45.6. The number of phenols is 1. The number of halogens is 5. The predicted octanol–water partition coefficient (Wildman–Crippen LogP) is 13.1. The summed E-state index contributed by atoms with van der Waals surface area (Å²) < 4.78 is 9.67. The summed E-state index contributed by atoms with van der Waals surface area (Å²) in [5, 5.41) is 41.7. The number of thioether (sulfide) groups is 2. The lowest BCUT2D eigenvalue weighted by Gasteiger charge is -2.10. The molecule has 0 bridgehead atoms. The number of hydrogen-bond acceptors (Lipinski definition) is 17. The molecule has 1 saturated heterocycles. The minimum atomic E-state index is -0.514. The van der Waals surface area contributed by atoms with Crippen LogP contribution in [-0.2, 0) is 19.3 Å². The molecule has 6 aromatic rings. The maximum atomic E-state index is 11.4. The molecule has 75 heavy (non-hydrogen) atoms. The number of ether oxygens (including phenoxy) is 2. The van der Waals surface area contributed by atoms with Crippen molar-refractivity contribution in [2.75, 3.05) is 41.0 Å². The lowest BCUT2D eigenvalue weighted by atomic mass is 10.1. The third-order valence-electron chi connectivity index (χ3n) is 9.10. The molecule has 0 aromatic heterocycles. The quantitative estimate of drug-likeness (QED) is 0.0352. The number of fused-ring (bicyclic) bond motifs is 1. The van der Waals surface area contributed by atoms with Crippen LogP contribution in [0.5, 0.6) is 17.2 Å². The summed E-state index contributed by atoms with van der Waals surface area (Å²) >= 11 is 32.0. The Balaban J connectivity index is 0.000000301. The van der Waals surface area contributed by atoms with E-state index in [9.17, 15) is 49.5 Å². The van der Waals surface area contributed by atoms with Gasteiger partial charge in [0.2, 0.25) is 0 Å². The van der Waals surface area contributed by atoms with Gasteiger partial charge < -0.3 is 14.6 Å². The van der Waals surface area contributed by atoms with Gasteiger partial charge >= 0.3 is 5.69 Å². The van der Waals surface area contributed by atoms with E-state index in [-0.39, 0.29) is 89.0 Å². The Labute approximate surface area is 462 Å². The van der Waals surface area contributed by atoms with Crippen molar-refractivity contribution < 1.29 is 58.2 Å². The Kier molecular flexibility index (Phi) is 28.5. The highest BCUT2D eigenvalue weighted by Gasteiger charge is 2.35. The van der Waals surface area contributed by atoms with Gasteiger partial charge in [-0.15, -0.1) is 28.6 Å². The van der Waals surface area contributed by atoms with Crippen molar-refractivity contribution in [2.24, 2.45) is 0 Å². The Morgan fingerprint density at radius 2 is 0.933 bits per heavy atom. The second-order valence-electron chi connectivity index (χ2n) is 13.6. The molecular formula is C48H44Cl5N5O15S2. The van der Waals surface area contributed by atoms with Crippen LogP contribution in [0, 0.1) is 30.3 Å². The summed E-state index contributed by atoms with van der Waals surface area (Å²) in [4.78, 5) is 84.5. The summed E-state index contributed by atoms with van der Waals surface area (Å²) in [5.74, 6) is -0.748. The van der Waals surface area contributed by atoms with Crippen molar-refractivity contribution in [1.82, 2.24) is 10.1 Å². The van der Waals surface area contributed by atoms with E-state index in [0.717, 1.165) is 10.1 Å². The summed E-state index contributed by atoms with van der Waals surface area (Å²) in [6, 6.07) is 34.9. The molecule has 0 spiro atoms. The molecule has 0 unspecified atom stereocenters. The maximum absolute atomic E-state index is 11.4. The number of phenolic OH excluding ortho intramolecular Hbond substituents is 1. The Hall–Kier alpha value is -6.73. The first-order chi connectivity index (χ1) is 35.6. The Morgan fingerprint density at radius 1 is 0.507 bits per heavy atom. The molecule has 0 radical (unpaired) electrons. The number of non-ortho nitro benzene ring substituents is 1. The van der Waals surface area contributed by atoms with Crippen molar-refractivity contribution in [3.63, 3.8) is 0 Å². The fourth-order valence-electron chi connectivity index (χ4n) is 5.55. The highest BCUT2D eigenvalue weighted by atomic mass is 35.5. The highest BCUT2D eigenvalue weighted by Crippen LogP contribution is 2.48. The van der Waals surface area contributed by atoms with Gasteiger partial charge in [-0.1, -0.05) is 113 Å². The number of imide groups is 2. The zero-order valence-electron chi connectivity index (χ0n) is 40.1. The first-order valence-corrected chi connectivity index (χ1v) is 25.0. The molecule has 0 aliphatic carbocycles. The summed E-state index contributed by atoms with van der Waals surface area (Å²) in [6.45, 7) is 0. The van der Waals surface area contributed by atoms with Gasteiger partial charge in [0.05, 0.1) is 74.3 Å². The zero-order chi connectivity index (χ0) is 56.4. The van der Waals surface area contributed by atoms with Crippen LogP contribution in [0.25, 0.3) is 0 Å². The van der Waals surface area contributed by atoms with Crippen LogP contribution in [0.4, 0.5) is 17.1 Å². The molecule has 398 valence electrons. The van der Waals surface area contributed by atoms with Gasteiger partial charge in [-0.3, -0.25) is 59.2 Å². The van der Waals surface area contributed by atoms with Crippen molar-refractivity contribution in [2.45, 2.75) is 22.6 Å². The fraction of sp³-hybridized carbons (Fsp3) is 0.167. The van der Waals surface area contributed by atoms with Gasteiger partial charge in [0.25, 0.3) is 35.0 Å². The Morgan fingerprint density at radius 3 is 1.29 bits per heavy atom. The molecule has 8 rings (SSSR count). The van der Waals surface area contributed by atoms with Crippen molar-refractivity contribution in [3.05, 3.63) is 194 Å². The summed E-state index contributed by atoms with van der Waals surface area (Å²) in [5.41, 5.74) is 0.955. The third-order valence-corrected chi connectivity index (χ3v) is 12.9. The molecule has 2 aliphatic heterocycles. The second-order valence-corrected chi connectivity index (χ2v) is 17.3. The molecule has 20 nitrogen and oxygen atoms in total. The van der Waals surface area contributed by atoms with Crippen LogP contribution in [0.3, 0.4) is 0 Å². The number of benzene rings is 6. The third kappa shape index (κ3) is 19.5. The first kappa shape index (κ1) is 64.4. The molecule has 1 fully saturated rings. The minimum Gasteiger partial charge on any atom is -0.508 e. The molecule has 2 aliphatic rings. The largest absolute Gasteiger partial charge is 0.508 e. The van der Waals surface area contributed by atoms with Gasteiger partial charge in [0, 0.05) is 42.0 Å². The van der Waals surface area contributed by atoms with Gasteiger partial charge in [-0.2, -0.15) is 5.06 Å². The van der Waals surface area contributed by atoms with E-state index < -0.39 is 21.7 Å². The number of para-hydroxylation sites is 3. The van der Waals surface area contributed by atoms with Crippen LogP contribution >= 0.6 is 81.5 Å². The predicted molar refractivity (Wildman–Crippen MR) is 288 cm³/mol. The van der Waals surface area contributed by atoms with E-state index in [4.69, 9.17) is 72.6 Å². The van der Waals surface area contributed by atoms with E-state index in [1.54, 1.807) is 72.4 Å². The van der Waals surface area contributed by atoms with Gasteiger partial charge in [0.1, 0.15) is 15.8 Å². The molecule has 2 heterocycles. The number of nitro benzene ring substituents is 3. The normalized spacial score (nSPS) is 11.7. The number of rotatable bonds is 9. The molecule has 27 heteroatoms. The van der Waals surface area contributed by atoms with Crippen molar-refractivity contribution in [3.8, 4) is 17.2 Å². The van der Waals surface area contributed by atoms with Crippen molar-refractivity contribution in [1.29, 1.82) is 0 Å². The van der Waals surface area contributed by atoms with Crippen LogP contribution in [0.2, 0.25) is 25.1 Å². The van der Waals surface area contributed by atoms with Crippen LogP contribution < -0.4 is 9.47 Å². The number of hydroxylamine groups is 4. The van der Waals surface area contributed by atoms with Gasteiger partial charge in [0.15, 0.2) is 11.5 Å². The number of nitrogens with zero attached hydrogens (tertiary/aromatic N) is 5. The standard InChI is InChI=1S/C9H7NO3.C7H3Cl5O.C7H7NO3.C7H7NO2S.C7H8S.C6H5NO3.C5H7NO3/c1-13-10-8(11)6-4-2-3-5-7(6)9(10)12;1-13-7-5(11)3(9)2(8)4(10)6(7)12;2*1-11-7-5-3-2-4-6(7)8(9)10;1-8-7-5-3-2-4-6-7;8-6-3-1-5(2-4-6)7(9)10;1-9-6-4(7)2-3-5(6)8/h2-5H,1H3;1H3;2*2-5H,1H3;2-6H,1H3;1-4,8H;2-3H2,1H3. The highest BCUT2D eigenvalue weighted by molar-refractivity contribution is 7.99. The number of methoxy groups -OCH3 is 2. The van der Waals surface area contributed by atoms with Crippen LogP contribution in [0.1, 0.15) is 33.6 Å². The number of aromatic hydroxyl groups is 1. The number of hydrogen-bond donors (Lipinski definition) is 1. The molecule has 1 N–H and O–H groups in total. The van der Waals surface area contributed by atoms with Crippen LogP contribution in [-0.4, -0.2) is 94.6 Å². The van der Waals surface area contributed by atoms with Crippen molar-refractivity contribution >= 4 is 122 Å². The fourth-order valence-corrected chi connectivity index (χ4v) is 7.82. The molecule has 0 atom stereocenters. The molecule has 6 aromatic carbocycles. The molecular weight excluding hydrogens is 1130 g/mol. The number of carbonyl (C=O) groups excluding carboxylic acids is 4. The molecule has 4 amide bonds. The van der Waals surface area contributed by atoms with Crippen LogP contribution in [0.15, 0.2) is 137 Å². The second kappa shape index (κ2) is 33.2. The summed E-state index contributed by atoms with van der Waals surface area (Å²) in [6.07, 6.45) is 4.47. The van der Waals surface area contributed by atoms with Gasteiger partial charge in [-0.25, -0.2) is 0 Å². The first-order valence-electron chi connectivity index (χ1n) is 20.7. The SMILES string of the molecule is CON1C(=O)CCC1=O.CON1C(=O)c2ccccc2C1=O.COc1c(Cl)c(Cl)c(Cl)c(Cl)c1Cl.COc1ccccc1[N+](=O)[O-].CSc1ccccc1.CSc1ccccc1[N+](=O)[O-].O=[N+]([O-])c1ccc(O)cc1. The average Bonchev–Trinajstić information content (AvgIpc) is 3.89. The topological polar surface area (TPSA) is 261 Å². The van der Waals surface area contributed by atoms with E-state index in [0.29, 0.717) is 16.0 Å². The Bertz CT molecular complexity index is 2790. The minimum absolute atomic E-state index is 0.00463. The van der Waals surface area contributed by atoms with E-state index in [2.05, 4.69) is 28.1 Å². The summed E-state index contributed by atoms with van der Waals surface area (Å²) in [7, 11) is 5.42. The monoisotopic (exact) mass is 1170 g/mol. The number of carbonyl (C=O) groups is 4. The van der Waals surface area contributed by atoms with E-state index in [1.165, 1.54) is 81.5 Å².